The van der Waals surface area contributed by atoms with Crippen LogP contribution in [0.5, 0.6) is 5.75 Å². The van der Waals surface area contributed by atoms with Gasteiger partial charge in [-0.3, -0.25) is 14.4 Å². The normalized spacial score (nSPS) is 19.3. The van der Waals surface area contributed by atoms with E-state index < -0.39 is 29.1 Å². The van der Waals surface area contributed by atoms with Crippen molar-refractivity contribution in [2.45, 2.75) is 77.7 Å². The third-order valence-corrected chi connectivity index (χ3v) is 8.05. The molecule has 10 heteroatoms. The van der Waals surface area contributed by atoms with E-state index in [9.17, 15) is 18.8 Å². The zero-order valence-electron chi connectivity index (χ0n) is 22.0. The van der Waals surface area contributed by atoms with Crippen LogP contribution < -0.4 is 15.4 Å². The maximum Gasteiger partial charge on any atom is 0.258 e. The summed E-state index contributed by atoms with van der Waals surface area (Å²) < 4.78 is 19.9. The van der Waals surface area contributed by atoms with Gasteiger partial charge in [-0.1, -0.05) is 32.9 Å². The number of benzene rings is 1. The number of methoxy groups -OCH3 is 1. The molecule has 37 heavy (non-hydrogen) atoms. The topological polar surface area (TPSA) is 101 Å². The van der Waals surface area contributed by atoms with Gasteiger partial charge in [-0.25, -0.2) is 9.37 Å². The fourth-order valence-electron chi connectivity index (χ4n) is 4.63. The predicted molar refractivity (Wildman–Crippen MR) is 140 cm³/mol. The molecule has 2 fully saturated rings. The standard InChI is InChI=1S/C27H35FN4O4S/c1-16-21(37-15-30-16)17-8-9-18(20(13-17)36-5)14-29-23(33)19-7-6-12-32(19)24(34)22(26(2,3)4)31-25(35)27(28)10-11-27/h8-9,13,15,19,22H,6-7,10-12,14H2,1-5H3,(H,29,33)(H,31,35)/t19-,22+/m0/s1. The quantitative estimate of drug-likeness (QED) is 0.541. The highest BCUT2D eigenvalue weighted by Crippen LogP contribution is 2.40. The first-order valence-corrected chi connectivity index (χ1v) is 13.5. The number of likely N-dealkylation sites (tertiary alicyclic amines) is 1. The molecule has 200 valence electrons. The Morgan fingerprint density at radius 3 is 2.62 bits per heavy atom. The van der Waals surface area contributed by atoms with E-state index in [0.29, 0.717) is 25.1 Å². The average Bonchev–Trinajstić information content (AvgIpc) is 3.22. The lowest BCUT2D eigenvalue weighted by atomic mass is 9.85. The molecule has 3 amide bonds. The number of amides is 3. The summed E-state index contributed by atoms with van der Waals surface area (Å²) in [4.78, 5) is 46.0. The first kappa shape index (κ1) is 27.0. The molecule has 0 unspecified atom stereocenters. The van der Waals surface area contributed by atoms with Gasteiger partial charge in [0.25, 0.3) is 5.91 Å². The molecule has 0 spiro atoms. The maximum absolute atomic E-state index is 14.3. The zero-order chi connectivity index (χ0) is 27.0. The van der Waals surface area contributed by atoms with E-state index in [4.69, 9.17) is 4.74 Å². The Morgan fingerprint density at radius 1 is 1.30 bits per heavy atom. The Hall–Kier alpha value is -3.01. The third kappa shape index (κ3) is 5.79. The number of aryl methyl sites for hydroxylation is 1. The van der Waals surface area contributed by atoms with Crippen LogP contribution in [0.4, 0.5) is 4.39 Å². The second-order valence-electron chi connectivity index (χ2n) is 10.9. The summed E-state index contributed by atoms with van der Waals surface area (Å²) in [7, 11) is 1.59. The molecule has 1 saturated heterocycles. The van der Waals surface area contributed by atoms with Crippen LogP contribution in [-0.4, -0.2) is 59.0 Å². The molecule has 8 nitrogen and oxygen atoms in total. The number of nitrogens with one attached hydrogen (secondary N) is 2. The van der Waals surface area contributed by atoms with Gasteiger partial charge in [0, 0.05) is 18.7 Å². The third-order valence-electron chi connectivity index (χ3n) is 7.07. The van der Waals surface area contributed by atoms with Crippen molar-refractivity contribution in [3.05, 3.63) is 35.0 Å². The number of carbonyl (C=O) groups is 3. The number of ether oxygens (including phenoxy) is 1. The van der Waals surface area contributed by atoms with Crippen LogP contribution in [0.25, 0.3) is 10.4 Å². The Labute approximate surface area is 221 Å². The highest BCUT2D eigenvalue weighted by molar-refractivity contribution is 7.13. The van der Waals surface area contributed by atoms with Crippen molar-refractivity contribution in [3.8, 4) is 16.2 Å². The minimum Gasteiger partial charge on any atom is -0.496 e. The van der Waals surface area contributed by atoms with Gasteiger partial charge >= 0.3 is 0 Å². The van der Waals surface area contributed by atoms with E-state index in [1.165, 1.54) is 4.90 Å². The Bertz CT molecular complexity index is 1190. The van der Waals surface area contributed by atoms with Gasteiger partial charge in [0.1, 0.15) is 17.8 Å². The zero-order valence-corrected chi connectivity index (χ0v) is 22.8. The molecule has 2 heterocycles. The van der Waals surface area contributed by atoms with Crippen molar-refractivity contribution in [1.29, 1.82) is 0 Å². The minimum absolute atomic E-state index is 0.174. The number of aromatic nitrogens is 1. The molecule has 0 radical (unpaired) electrons. The average molecular weight is 531 g/mol. The van der Waals surface area contributed by atoms with Crippen LogP contribution in [0, 0.1) is 12.3 Å². The predicted octanol–water partition coefficient (Wildman–Crippen LogP) is 3.77. The summed E-state index contributed by atoms with van der Waals surface area (Å²) in [6, 6.07) is 4.25. The van der Waals surface area contributed by atoms with Gasteiger partial charge < -0.3 is 20.3 Å². The van der Waals surface area contributed by atoms with Crippen LogP contribution in [0.1, 0.15) is 57.7 Å². The molecule has 1 aliphatic heterocycles. The lowest BCUT2D eigenvalue weighted by Crippen LogP contribution is -2.58. The molecule has 1 saturated carbocycles. The molecule has 0 bridgehead atoms. The number of hydrogen-bond acceptors (Lipinski definition) is 6. The van der Waals surface area contributed by atoms with Gasteiger partial charge in [0.15, 0.2) is 5.67 Å². The summed E-state index contributed by atoms with van der Waals surface area (Å²) in [6.45, 7) is 8.07. The van der Waals surface area contributed by atoms with E-state index in [2.05, 4.69) is 15.6 Å². The van der Waals surface area contributed by atoms with E-state index in [1.54, 1.807) is 24.0 Å². The van der Waals surface area contributed by atoms with Gasteiger partial charge in [-0.15, -0.1) is 11.3 Å². The largest absolute Gasteiger partial charge is 0.496 e. The molecule has 4 rings (SSSR count). The van der Waals surface area contributed by atoms with Crippen LogP contribution in [-0.2, 0) is 20.9 Å². The maximum atomic E-state index is 14.3. The fraction of sp³-hybridized carbons (Fsp3) is 0.556. The number of hydrogen-bond donors (Lipinski definition) is 2. The number of rotatable bonds is 8. The van der Waals surface area contributed by atoms with E-state index in [0.717, 1.165) is 21.7 Å². The first-order chi connectivity index (χ1) is 17.4. The summed E-state index contributed by atoms with van der Waals surface area (Å²) >= 11 is 1.56. The monoisotopic (exact) mass is 530 g/mol. The van der Waals surface area contributed by atoms with Crippen molar-refractivity contribution in [2.24, 2.45) is 5.41 Å². The number of thiazole rings is 1. The van der Waals surface area contributed by atoms with Crippen molar-refractivity contribution in [2.75, 3.05) is 13.7 Å². The molecule has 2 aromatic rings. The van der Waals surface area contributed by atoms with Gasteiger partial charge in [0.2, 0.25) is 11.8 Å². The SMILES string of the molecule is COc1cc(-c2scnc2C)ccc1CNC(=O)[C@@H]1CCCN1C(=O)[C@@H](NC(=O)C1(F)CC1)C(C)(C)C. The van der Waals surface area contributed by atoms with E-state index >= 15 is 0 Å². The fourth-order valence-corrected chi connectivity index (χ4v) is 5.43. The second kappa shape index (κ2) is 10.4. The second-order valence-corrected chi connectivity index (χ2v) is 11.8. The van der Waals surface area contributed by atoms with Crippen molar-refractivity contribution < 1.29 is 23.5 Å². The van der Waals surface area contributed by atoms with Gasteiger partial charge in [0.05, 0.1) is 23.2 Å². The lowest BCUT2D eigenvalue weighted by molar-refractivity contribution is -0.144. The summed E-state index contributed by atoms with van der Waals surface area (Å²) in [5.41, 5.74) is 2.04. The van der Waals surface area contributed by atoms with Crippen LogP contribution in [0.2, 0.25) is 0 Å². The smallest absolute Gasteiger partial charge is 0.258 e. The highest BCUT2D eigenvalue weighted by atomic mass is 32.1. The molecule has 1 aromatic heterocycles. The van der Waals surface area contributed by atoms with Gasteiger partial charge in [-0.05, 0) is 49.7 Å². The van der Waals surface area contributed by atoms with Gasteiger partial charge in [-0.2, -0.15) is 0 Å². The lowest BCUT2D eigenvalue weighted by Gasteiger charge is -2.35. The molecular weight excluding hydrogens is 495 g/mol. The minimum atomic E-state index is -1.88. The molecular formula is C27H35FN4O4S. The Balaban J connectivity index is 1.44. The van der Waals surface area contributed by atoms with E-state index in [1.807, 2.05) is 45.9 Å². The summed E-state index contributed by atoms with van der Waals surface area (Å²) in [6.07, 6.45) is 1.55. The van der Waals surface area contributed by atoms with Crippen LogP contribution in [0.3, 0.4) is 0 Å². The van der Waals surface area contributed by atoms with E-state index in [-0.39, 0.29) is 31.2 Å². The molecule has 2 N–H and O–H groups in total. The summed E-state index contributed by atoms with van der Waals surface area (Å²) in [5.74, 6) is -0.714. The summed E-state index contributed by atoms with van der Waals surface area (Å²) in [5, 5.41) is 5.58. The number of carbonyl (C=O) groups excluding carboxylic acids is 3. The van der Waals surface area contributed by atoms with Crippen molar-refractivity contribution >= 4 is 29.1 Å². The number of alkyl halides is 1. The van der Waals surface area contributed by atoms with Crippen LogP contribution >= 0.6 is 11.3 Å². The first-order valence-electron chi connectivity index (χ1n) is 12.6. The highest BCUT2D eigenvalue weighted by Gasteiger charge is 2.53. The van der Waals surface area contributed by atoms with Crippen molar-refractivity contribution in [3.63, 3.8) is 0 Å². The molecule has 1 aromatic carbocycles. The molecule has 2 aliphatic rings. The molecule has 2 atom stereocenters. The van der Waals surface area contributed by atoms with Crippen molar-refractivity contribution in [1.82, 2.24) is 20.5 Å². The molecule has 1 aliphatic carbocycles. The number of nitrogens with zero attached hydrogens (tertiary/aromatic N) is 2. The van der Waals surface area contributed by atoms with Crippen LogP contribution in [0.15, 0.2) is 23.7 Å². The Morgan fingerprint density at radius 2 is 2.03 bits per heavy atom. The number of halogens is 1. The Kier molecular flexibility index (Phi) is 7.60.